The second kappa shape index (κ2) is 8.42. The molecule has 0 amide bonds. The fourth-order valence-corrected chi connectivity index (χ4v) is 6.11. The first-order valence-corrected chi connectivity index (χ1v) is 12.0. The topological polar surface area (TPSA) is 77.8 Å². The lowest BCUT2D eigenvalue weighted by Crippen LogP contribution is -2.63. The van der Waals surface area contributed by atoms with Crippen LogP contribution in [-0.4, -0.2) is 34.3 Å². The van der Waals surface area contributed by atoms with E-state index in [4.69, 9.17) is 0 Å². The lowest BCUT2D eigenvalue weighted by molar-refractivity contribution is -0.275. The average molecular weight is 412 g/mol. The van der Waals surface area contributed by atoms with Gasteiger partial charge in [0.05, 0.1) is 4.90 Å². The predicted molar refractivity (Wildman–Crippen MR) is 112 cm³/mol. The summed E-state index contributed by atoms with van der Waals surface area (Å²) in [5.41, 5.74) is 1.92. The molecule has 0 aromatic heterocycles. The van der Waals surface area contributed by atoms with Gasteiger partial charge in [0.1, 0.15) is 0 Å². The van der Waals surface area contributed by atoms with E-state index in [9.17, 15) is 18.2 Å². The van der Waals surface area contributed by atoms with Gasteiger partial charge in [0, 0.05) is 11.1 Å². The minimum absolute atomic E-state index is 0.0107. The van der Waals surface area contributed by atoms with Crippen molar-refractivity contribution in [3.8, 4) is 0 Å². The molecule has 2 N–H and O–H groups in total. The summed E-state index contributed by atoms with van der Waals surface area (Å²) in [6, 6.07) is 3.66. The summed E-state index contributed by atoms with van der Waals surface area (Å²) >= 11 is 0. The van der Waals surface area contributed by atoms with Crippen molar-refractivity contribution < 1.29 is 18.2 Å². The maximum absolute atomic E-state index is 11.8. The lowest BCUT2D eigenvalue weighted by atomic mass is 9.67. The Morgan fingerprint density at radius 1 is 1.00 bits per heavy atom. The molecule has 5 nitrogen and oxygen atoms in total. The van der Waals surface area contributed by atoms with Crippen LogP contribution in [0, 0.1) is 19.8 Å². The van der Waals surface area contributed by atoms with E-state index in [2.05, 4.69) is 27.7 Å². The summed E-state index contributed by atoms with van der Waals surface area (Å²) in [5, 5.41) is 12.8. The van der Waals surface area contributed by atoms with Crippen LogP contribution in [0.3, 0.4) is 0 Å². The van der Waals surface area contributed by atoms with Gasteiger partial charge in [-0.3, -0.25) is 4.55 Å². The first-order chi connectivity index (χ1) is 13.0. The van der Waals surface area contributed by atoms with Crippen molar-refractivity contribution in [3.63, 3.8) is 0 Å². The zero-order valence-electron chi connectivity index (χ0n) is 18.2. The number of rotatable bonds is 7. The Kier molecular flexibility index (Phi) is 7.02. The zero-order chi connectivity index (χ0) is 21.3. The van der Waals surface area contributed by atoms with Crippen LogP contribution in [0.15, 0.2) is 17.0 Å². The molecule has 0 unspecified atom stereocenters. The van der Waals surface area contributed by atoms with Gasteiger partial charge in [-0.25, -0.2) is 0 Å². The van der Waals surface area contributed by atoms with Gasteiger partial charge < -0.3 is 5.21 Å². The van der Waals surface area contributed by atoms with Crippen LogP contribution in [0.4, 0.5) is 0 Å². The van der Waals surface area contributed by atoms with E-state index in [0.29, 0.717) is 11.5 Å². The van der Waals surface area contributed by atoms with Crippen LogP contribution in [0.1, 0.15) is 82.9 Å². The normalized spacial score (nSPS) is 20.4. The molecule has 1 aliphatic heterocycles. The Balaban J connectivity index is 2.44. The molecule has 6 heteroatoms. The number of aryl methyl sites for hydroxylation is 1. The van der Waals surface area contributed by atoms with Crippen molar-refractivity contribution >= 4 is 10.1 Å². The second-order valence-electron chi connectivity index (χ2n) is 8.66. The molecule has 1 fully saturated rings. The van der Waals surface area contributed by atoms with Crippen LogP contribution >= 0.6 is 0 Å². The summed E-state index contributed by atoms with van der Waals surface area (Å²) in [7, 11) is -4.24. The number of nitrogens with zero attached hydrogens (tertiary/aromatic N) is 1. The molecule has 2 rings (SSSR count). The Bertz CT molecular complexity index is 773. The predicted octanol–water partition coefficient (Wildman–Crippen LogP) is 5.31. The largest absolute Gasteiger partial charge is 0.313 e. The van der Waals surface area contributed by atoms with E-state index in [1.165, 1.54) is 0 Å². The van der Waals surface area contributed by atoms with Crippen molar-refractivity contribution in [3.05, 3.63) is 28.8 Å². The second-order valence-corrected chi connectivity index (χ2v) is 10.1. The molecule has 1 aromatic rings. The van der Waals surface area contributed by atoms with Gasteiger partial charge in [0.2, 0.25) is 0 Å². The van der Waals surface area contributed by atoms with Gasteiger partial charge in [-0.15, -0.1) is 0 Å². The molecule has 160 valence electrons. The van der Waals surface area contributed by atoms with Crippen molar-refractivity contribution in [2.45, 2.75) is 102 Å². The molecule has 0 bridgehead atoms. The minimum Gasteiger partial charge on any atom is -0.313 e. The van der Waals surface area contributed by atoms with Crippen molar-refractivity contribution in [1.29, 1.82) is 0 Å². The van der Waals surface area contributed by atoms with Gasteiger partial charge in [-0.2, -0.15) is 13.5 Å². The highest BCUT2D eigenvalue weighted by atomic mass is 32.2. The van der Waals surface area contributed by atoms with Gasteiger partial charge in [0.25, 0.3) is 10.1 Å². The molecule has 0 radical (unpaired) electrons. The van der Waals surface area contributed by atoms with Crippen molar-refractivity contribution in [1.82, 2.24) is 5.06 Å². The maximum atomic E-state index is 11.8. The van der Waals surface area contributed by atoms with Crippen LogP contribution in [0.2, 0.25) is 0 Å². The SMILES string of the molecule is CCC1(CC)CC(Cc2cc(C)c(C)c(S(=O)(=O)O)c2)CC(CC)(CC)N1O. The molecule has 1 saturated heterocycles. The average Bonchev–Trinajstić information content (AvgIpc) is 2.65. The first-order valence-electron chi connectivity index (χ1n) is 10.5. The van der Waals surface area contributed by atoms with E-state index in [1.54, 1.807) is 18.1 Å². The van der Waals surface area contributed by atoms with Crippen LogP contribution in [0.5, 0.6) is 0 Å². The summed E-state index contributed by atoms with van der Waals surface area (Å²) in [6.45, 7) is 12.2. The molecular weight excluding hydrogens is 374 g/mol. The number of hydrogen-bond donors (Lipinski definition) is 2. The molecular formula is C22H37NO4S. The molecule has 28 heavy (non-hydrogen) atoms. The van der Waals surface area contributed by atoms with E-state index in [-0.39, 0.29) is 16.0 Å². The molecule has 1 aromatic carbocycles. The fraction of sp³-hybridized carbons (Fsp3) is 0.727. The summed E-state index contributed by atoms with van der Waals surface area (Å²) in [4.78, 5) is 0.0107. The Morgan fingerprint density at radius 3 is 1.86 bits per heavy atom. The maximum Gasteiger partial charge on any atom is 0.294 e. The van der Waals surface area contributed by atoms with Crippen LogP contribution in [0.25, 0.3) is 0 Å². The highest BCUT2D eigenvalue weighted by molar-refractivity contribution is 7.85. The molecule has 1 aliphatic rings. The highest BCUT2D eigenvalue weighted by Gasteiger charge is 2.51. The summed E-state index contributed by atoms with van der Waals surface area (Å²) in [5.74, 6) is 0.347. The standard InChI is InChI=1S/C22H37NO4S/c1-7-21(8-2)14-19(15-22(9-3,10-4)23(21)24)12-18-11-16(5)17(6)20(13-18)28(25,26)27/h11,13,19,24H,7-10,12,14-15H2,1-6H3,(H,25,26,27). The number of piperidine rings is 1. The molecule has 0 spiro atoms. The number of hydrogen-bond acceptors (Lipinski definition) is 4. The van der Waals surface area contributed by atoms with E-state index in [0.717, 1.165) is 56.1 Å². The van der Waals surface area contributed by atoms with Gasteiger partial charge in [-0.1, -0.05) is 33.8 Å². The Hall–Kier alpha value is -0.950. The molecule has 0 atom stereocenters. The zero-order valence-corrected chi connectivity index (χ0v) is 19.1. The van der Waals surface area contributed by atoms with Crippen LogP contribution < -0.4 is 0 Å². The van der Waals surface area contributed by atoms with Gasteiger partial charge in [-0.05, 0) is 87.5 Å². The summed E-state index contributed by atoms with van der Waals surface area (Å²) in [6.07, 6.45) is 6.02. The molecule has 1 heterocycles. The number of benzene rings is 1. The quantitative estimate of drug-likeness (QED) is 0.594. The summed E-state index contributed by atoms with van der Waals surface area (Å²) < 4.78 is 33.2. The lowest BCUT2D eigenvalue weighted by Gasteiger charge is -2.56. The third-order valence-corrected chi connectivity index (χ3v) is 8.33. The van der Waals surface area contributed by atoms with Crippen molar-refractivity contribution in [2.75, 3.05) is 0 Å². The molecule has 0 aliphatic carbocycles. The van der Waals surface area contributed by atoms with Crippen LogP contribution in [-0.2, 0) is 16.5 Å². The van der Waals surface area contributed by atoms with Gasteiger partial charge in [0.15, 0.2) is 0 Å². The monoisotopic (exact) mass is 411 g/mol. The highest BCUT2D eigenvalue weighted by Crippen LogP contribution is 2.48. The van der Waals surface area contributed by atoms with Gasteiger partial charge >= 0.3 is 0 Å². The third kappa shape index (κ3) is 4.16. The molecule has 0 saturated carbocycles. The minimum atomic E-state index is -4.24. The van der Waals surface area contributed by atoms with E-state index < -0.39 is 10.1 Å². The fourth-order valence-electron chi connectivity index (χ4n) is 5.26. The number of hydroxylamine groups is 2. The van der Waals surface area contributed by atoms with E-state index >= 15 is 0 Å². The van der Waals surface area contributed by atoms with Crippen molar-refractivity contribution in [2.24, 2.45) is 5.92 Å². The Morgan fingerprint density at radius 2 is 1.46 bits per heavy atom. The smallest absolute Gasteiger partial charge is 0.294 e. The Labute approximate surface area is 170 Å². The third-order valence-electron chi connectivity index (χ3n) is 7.35. The first kappa shape index (κ1) is 23.3. The van der Waals surface area contributed by atoms with E-state index in [1.807, 2.05) is 13.0 Å².